The molecule has 0 radical (unpaired) electrons. The number of hydrogen-bond donors (Lipinski definition) is 3. The van der Waals surface area contributed by atoms with Crippen LogP contribution in [-0.2, 0) is 16.0 Å². The summed E-state index contributed by atoms with van der Waals surface area (Å²) in [5.41, 5.74) is 7.10. The molecule has 0 heterocycles. The zero-order valence-corrected chi connectivity index (χ0v) is 12.1. The third-order valence-corrected chi connectivity index (χ3v) is 4.09. The second kappa shape index (κ2) is 5.77. The fourth-order valence-corrected chi connectivity index (χ4v) is 2.18. The highest BCUT2D eigenvalue weighted by Gasteiger charge is 2.30. The Bertz CT molecular complexity index is 695. The maximum atomic E-state index is 12.3. The molecule has 0 saturated heterocycles. The molecular weight excluding hydrogens is 290 g/mol. The Hall–Kier alpha value is -2.02. The van der Waals surface area contributed by atoms with Crippen molar-refractivity contribution in [2.75, 3.05) is 5.73 Å². The van der Waals surface area contributed by atoms with Crippen LogP contribution in [0.15, 0.2) is 48.5 Å². The molecule has 0 aromatic heterocycles. The maximum Gasteiger partial charge on any atom is 0.193 e. The van der Waals surface area contributed by atoms with Crippen molar-refractivity contribution in [3.05, 3.63) is 65.2 Å². The lowest BCUT2D eigenvalue weighted by Crippen LogP contribution is -2.27. The monoisotopic (exact) mass is 305 g/mol. The molecule has 0 aliphatic rings. The largest absolute Gasteiger partial charge is 0.399 e. The van der Waals surface area contributed by atoms with Gasteiger partial charge in [0, 0.05) is 16.8 Å². The number of hydrogen-bond acceptors (Lipinski definition) is 4. The lowest BCUT2D eigenvalue weighted by Gasteiger charge is -2.19. The Morgan fingerprint density at radius 3 is 2.33 bits per heavy atom. The molecule has 0 aliphatic carbocycles. The normalized spacial score (nSPS) is 15.2. The molecule has 0 aliphatic heterocycles. The second-order valence-corrected chi connectivity index (χ2v) is 6.06. The van der Waals surface area contributed by atoms with Crippen LogP contribution in [0, 0.1) is 0 Å². The summed E-state index contributed by atoms with van der Waals surface area (Å²) in [6, 6.07) is 12.5. The van der Waals surface area contributed by atoms with Crippen LogP contribution in [0.25, 0.3) is 0 Å². The van der Waals surface area contributed by atoms with Crippen LogP contribution in [0.2, 0.25) is 0 Å². The molecular formula is C15H15NO4S. The highest BCUT2D eigenvalue weighted by atomic mass is 32.2. The zero-order valence-electron chi connectivity index (χ0n) is 11.3. The topological polar surface area (TPSA) is 101 Å². The molecule has 0 bridgehead atoms. The third kappa shape index (κ3) is 3.18. The lowest BCUT2D eigenvalue weighted by molar-refractivity contribution is 0.103. The first-order valence-corrected chi connectivity index (χ1v) is 7.27. The van der Waals surface area contributed by atoms with Crippen LogP contribution in [0.3, 0.4) is 0 Å². The Kier molecular flexibility index (Phi) is 4.22. The van der Waals surface area contributed by atoms with E-state index >= 15 is 0 Å². The lowest BCUT2D eigenvalue weighted by atomic mass is 9.99. The van der Waals surface area contributed by atoms with E-state index in [0.29, 0.717) is 16.8 Å². The van der Waals surface area contributed by atoms with Crippen LogP contribution < -0.4 is 5.73 Å². The van der Waals surface area contributed by atoms with E-state index in [1.807, 2.05) is 0 Å². The number of nitrogens with two attached hydrogens (primary N) is 1. The molecule has 21 heavy (non-hydrogen) atoms. The summed E-state index contributed by atoms with van der Waals surface area (Å²) in [4.78, 5) is 10.4. The van der Waals surface area contributed by atoms with Gasteiger partial charge < -0.3 is 15.4 Å². The van der Waals surface area contributed by atoms with Crippen molar-refractivity contribution >= 4 is 22.6 Å². The summed E-state index contributed by atoms with van der Waals surface area (Å²) in [6.07, 6.45) is 0. The van der Waals surface area contributed by atoms with Gasteiger partial charge >= 0.3 is 0 Å². The molecule has 5 nitrogen and oxygen atoms in total. The van der Waals surface area contributed by atoms with Gasteiger partial charge in [-0.25, -0.2) is 4.21 Å². The van der Waals surface area contributed by atoms with Gasteiger partial charge in [-0.3, -0.25) is 4.79 Å². The van der Waals surface area contributed by atoms with E-state index in [1.165, 1.54) is 19.1 Å². The van der Waals surface area contributed by atoms with E-state index < -0.39 is 16.0 Å². The van der Waals surface area contributed by atoms with E-state index in [-0.39, 0.29) is 11.3 Å². The van der Waals surface area contributed by atoms with Crippen LogP contribution in [0.5, 0.6) is 0 Å². The molecule has 4 N–H and O–H groups in total. The van der Waals surface area contributed by atoms with Gasteiger partial charge in [-0.2, -0.15) is 0 Å². The third-order valence-electron chi connectivity index (χ3n) is 3.17. The maximum absolute atomic E-state index is 12.3. The van der Waals surface area contributed by atoms with Gasteiger partial charge in [0.25, 0.3) is 0 Å². The number of carbonyl (C=O) groups is 1. The molecule has 2 unspecified atom stereocenters. The van der Waals surface area contributed by atoms with Crippen LogP contribution >= 0.6 is 0 Å². The van der Waals surface area contributed by atoms with E-state index in [4.69, 9.17) is 10.3 Å². The predicted molar refractivity (Wildman–Crippen MR) is 81.1 cm³/mol. The van der Waals surface area contributed by atoms with Crippen LogP contribution in [0.1, 0.15) is 28.4 Å². The summed E-state index contributed by atoms with van der Waals surface area (Å²) >= 11 is -2.47. The Balaban J connectivity index is 2.40. The van der Waals surface area contributed by atoms with E-state index in [0.717, 1.165) is 0 Å². The molecule has 2 aromatic carbocycles. The minimum absolute atomic E-state index is 0.199. The Morgan fingerprint density at radius 1 is 1.14 bits per heavy atom. The summed E-state index contributed by atoms with van der Waals surface area (Å²) in [5, 5.41) is 10.00. The molecule has 2 aromatic rings. The molecule has 2 rings (SSSR count). The van der Waals surface area contributed by atoms with Crippen molar-refractivity contribution in [2.24, 2.45) is 0 Å². The Labute approximate surface area is 124 Å². The fraction of sp³-hybridized carbons (Fsp3) is 0.133. The van der Waals surface area contributed by atoms with Gasteiger partial charge in [0.15, 0.2) is 21.8 Å². The highest BCUT2D eigenvalue weighted by molar-refractivity contribution is 7.80. The van der Waals surface area contributed by atoms with Gasteiger partial charge in [-0.1, -0.05) is 18.2 Å². The first-order valence-electron chi connectivity index (χ1n) is 6.16. The van der Waals surface area contributed by atoms with Crippen molar-refractivity contribution in [3.63, 3.8) is 0 Å². The number of rotatable bonds is 4. The van der Waals surface area contributed by atoms with Gasteiger partial charge in [0.05, 0.1) is 0 Å². The molecule has 110 valence electrons. The first kappa shape index (κ1) is 15.4. The van der Waals surface area contributed by atoms with E-state index in [2.05, 4.69) is 0 Å². The molecule has 0 fully saturated rings. The summed E-state index contributed by atoms with van der Waals surface area (Å²) in [6.45, 7) is 1.22. The molecule has 6 heteroatoms. The predicted octanol–water partition coefficient (Wildman–Crippen LogP) is 1.89. The van der Waals surface area contributed by atoms with E-state index in [1.54, 1.807) is 36.4 Å². The summed E-state index contributed by atoms with van der Waals surface area (Å²) in [5.74, 6) is -0.253. The number of carbonyl (C=O) groups excluding carboxylic acids is 1. The van der Waals surface area contributed by atoms with Crippen LogP contribution in [0.4, 0.5) is 5.69 Å². The van der Waals surface area contributed by atoms with Gasteiger partial charge in [-0.05, 0) is 42.8 Å². The number of aliphatic hydroxyl groups is 1. The van der Waals surface area contributed by atoms with Crippen molar-refractivity contribution < 1.29 is 18.7 Å². The smallest absolute Gasteiger partial charge is 0.193 e. The second-order valence-electron chi connectivity index (χ2n) is 4.76. The number of benzene rings is 2. The van der Waals surface area contributed by atoms with Gasteiger partial charge in [0.2, 0.25) is 0 Å². The van der Waals surface area contributed by atoms with E-state index in [9.17, 15) is 14.1 Å². The average molecular weight is 305 g/mol. The fourth-order valence-electron chi connectivity index (χ4n) is 1.85. The number of anilines is 1. The minimum Gasteiger partial charge on any atom is -0.399 e. The quantitative estimate of drug-likeness (QED) is 0.455. The average Bonchev–Trinajstić information content (AvgIpc) is 2.47. The molecule has 0 spiro atoms. The van der Waals surface area contributed by atoms with Crippen molar-refractivity contribution in [1.82, 2.24) is 0 Å². The first-order chi connectivity index (χ1) is 9.82. The molecule has 2 atom stereocenters. The van der Waals surface area contributed by atoms with Gasteiger partial charge in [-0.15, -0.1) is 0 Å². The minimum atomic E-state index is -2.47. The summed E-state index contributed by atoms with van der Waals surface area (Å²) < 4.78 is 20.3. The van der Waals surface area contributed by atoms with Crippen molar-refractivity contribution in [3.8, 4) is 0 Å². The van der Waals surface area contributed by atoms with Crippen LogP contribution in [-0.4, -0.2) is 19.7 Å². The number of ketones is 1. The Morgan fingerprint density at radius 2 is 1.76 bits per heavy atom. The summed E-state index contributed by atoms with van der Waals surface area (Å²) in [7, 11) is 0. The molecule has 0 saturated carbocycles. The zero-order chi connectivity index (χ0) is 15.6. The highest BCUT2D eigenvalue weighted by Crippen LogP contribution is 2.25. The van der Waals surface area contributed by atoms with Gasteiger partial charge in [0.1, 0.15) is 0 Å². The van der Waals surface area contributed by atoms with Crippen molar-refractivity contribution in [1.29, 1.82) is 0 Å². The standard InChI is InChI=1S/C15H15NO4S/c1-15(18,21(19)20)12-4-2-3-11(9-12)14(17)10-5-7-13(16)8-6-10/h2-9,18H,16H2,1H3,(H,19,20). The number of nitrogen functional groups attached to an aromatic ring is 1. The molecule has 0 amide bonds. The SMILES string of the molecule is CC(O)(c1cccc(C(=O)c2ccc(N)cc2)c1)S(=O)O. The van der Waals surface area contributed by atoms with Crippen molar-refractivity contribution in [2.45, 2.75) is 11.9 Å².